The predicted molar refractivity (Wildman–Crippen MR) is 115 cm³/mol. The van der Waals surface area contributed by atoms with Crippen LogP contribution in [0.3, 0.4) is 0 Å². The van der Waals surface area contributed by atoms with Crippen LogP contribution < -0.4 is 10.5 Å². The number of anilines is 1. The zero-order valence-corrected chi connectivity index (χ0v) is 16.8. The third-order valence-electron chi connectivity index (χ3n) is 3.83. The van der Waals surface area contributed by atoms with Gasteiger partial charge < -0.3 is 10.5 Å². The minimum Gasteiger partial charge on any atom is -0.457 e. The summed E-state index contributed by atoms with van der Waals surface area (Å²) in [4.78, 5) is 14.2. The second-order valence-electron chi connectivity index (χ2n) is 6.04. The molecule has 2 heterocycles. The maximum absolute atomic E-state index is 5.84. The van der Waals surface area contributed by atoms with Crippen molar-refractivity contribution in [2.24, 2.45) is 0 Å². The Morgan fingerprint density at radius 3 is 2.50 bits per heavy atom. The van der Waals surface area contributed by atoms with Crippen molar-refractivity contribution in [1.82, 2.24) is 15.0 Å². The molecule has 0 amide bonds. The van der Waals surface area contributed by atoms with Crippen LogP contribution in [0.25, 0.3) is 10.6 Å². The molecule has 0 spiro atoms. The van der Waals surface area contributed by atoms with Crippen LogP contribution in [0.15, 0.2) is 71.9 Å². The lowest BCUT2D eigenvalue weighted by Crippen LogP contribution is -1.96. The fourth-order valence-electron chi connectivity index (χ4n) is 2.58. The van der Waals surface area contributed by atoms with Crippen molar-refractivity contribution in [2.45, 2.75) is 17.7 Å². The molecule has 0 radical (unpaired) electrons. The van der Waals surface area contributed by atoms with E-state index in [2.05, 4.69) is 15.0 Å². The van der Waals surface area contributed by atoms with Gasteiger partial charge in [0.05, 0.1) is 0 Å². The van der Waals surface area contributed by atoms with Gasteiger partial charge in [0.1, 0.15) is 33.2 Å². The van der Waals surface area contributed by atoms with E-state index in [1.165, 1.54) is 4.88 Å². The average molecular weight is 407 g/mol. The lowest BCUT2D eigenvalue weighted by atomic mass is 10.2. The molecule has 4 aromatic rings. The molecule has 0 aliphatic rings. The second kappa shape index (κ2) is 8.41. The Hall–Kier alpha value is -2.90. The number of aryl methyl sites for hydroxylation is 1. The van der Waals surface area contributed by atoms with Gasteiger partial charge in [0, 0.05) is 28.5 Å². The normalized spacial score (nSPS) is 10.8. The van der Waals surface area contributed by atoms with Crippen LogP contribution in [-0.2, 0) is 5.75 Å². The van der Waals surface area contributed by atoms with E-state index in [0.717, 1.165) is 32.8 Å². The highest BCUT2D eigenvalue weighted by molar-refractivity contribution is 7.98. The number of para-hydroxylation sites is 1. The van der Waals surface area contributed by atoms with Gasteiger partial charge in [0.15, 0.2) is 0 Å². The van der Waals surface area contributed by atoms with E-state index < -0.39 is 0 Å². The van der Waals surface area contributed by atoms with Crippen molar-refractivity contribution < 1.29 is 4.74 Å². The maximum atomic E-state index is 5.84. The van der Waals surface area contributed by atoms with E-state index in [0.29, 0.717) is 11.6 Å². The number of hydrogen-bond acceptors (Lipinski definition) is 7. The first kappa shape index (κ1) is 18.5. The van der Waals surface area contributed by atoms with Gasteiger partial charge in [-0.1, -0.05) is 18.2 Å². The predicted octanol–water partition coefficient (Wildman–Crippen LogP) is 5.58. The number of benzene rings is 2. The molecule has 0 saturated heterocycles. The molecule has 0 atom stereocenters. The summed E-state index contributed by atoms with van der Waals surface area (Å²) < 4.78 is 5.84. The minimum absolute atomic E-state index is 0.498. The van der Waals surface area contributed by atoms with Crippen LogP contribution in [0, 0.1) is 6.92 Å². The zero-order valence-electron chi connectivity index (χ0n) is 15.2. The lowest BCUT2D eigenvalue weighted by Gasteiger charge is -2.05. The fraction of sp³-hybridized carbons (Fsp3) is 0.0952. The summed E-state index contributed by atoms with van der Waals surface area (Å²) in [7, 11) is 0. The molecule has 0 aliphatic heterocycles. The van der Waals surface area contributed by atoms with E-state index >= 15 is 0 Å². The Balaban J connectivity index is 1.41. The maximum Gasteiger partial charge on any atom is 0.128 e. The number of nitrogen functional groups attached to an aromatic ring is 1. The topological polar surface area (TPSA) is 73.9 Å². The highest BCUT2D eigenvalue weighted by Gasteiger charge is 2.08. The first-order valence-corrected chi connectivity index (χ1v) is 10.5. The number of nitrogens with two attached hydrogens (primary N) is 1. The van der Waals surface area contributed by atoms with Crippen LogP contribution in [0.4, 0.5) is 5.82 Å². The lowest BCUT2D eigenvalue weighted by molar-refractivity contribution is 0.483. The molecule has 0 bridgehead atoms. The molecule has 0 aliphatic carbocycles. The molecular weight excluding hydrogens is 388 g/mol. The molecule has 0 saturated carbocycles. The van der Waals surface area contributed by atoms with Gasteiger partial charge in [-0.15, -0.1) is 23.1 Å². The Labute approximate surface area is 171 Å². The second-order valence-corrected chi connectivity index (χ2v) is 8.15. The largest absolute Gasteiger partial charge is 0.457 e. The molecule has 2 N–H and O–H groups in total. The molecule has 2 aromatic carbocycles. The van der Waals surface area contributed by atoms with E-state index in [-0.39, 0.29) is 0 Å². The van der Waals surface area contributed by atoms with Crippen molar-refractivity contribution in [3.05, 3.63) is 77.6 Å². The van der Waals surface area contributed by atoms with E-state index in [4.69, 9.17) is 10.5 Å². The smallest absolute Gasteiger partial charge is 0.128 e. The summed E-state index contributed by atoms with van der Waals surface area (Å²) in [5, 5.41) is 1.86. The number of ether oxygens (including phenoxy) is 1. The van der Waals surface area contributed by atoms with Gasteiger partial charge in [0.2, 0.25) is 0 Å². The summed E-state index contributed by atoms with van der Waals surface area (Å²) in [5.74, 6) is 3.61. The summed E-state index contributed by atoms with van der Waals surface area (Å²) in [6.45, 7) is 1.84. The number of aromatic nitrogens is 3. The number of thioether (sulfide) groups is 1. The number of rotatable bonds is 6. The fourth-order valence-corrected chi connectivity index (χ4v) is 4.47. The standard InChI is InChI=1S/C21H18N4OS2/c1-14-24-19(22)11-20(25-14)27-13-18-12-23-21(28-18)15-7-9-17(10-8-15)26-16-5-3-2-4-6-16/h2-12H,13H2,1H3,(H2,22,24,25). The van der Waals surface area contributed by atoms with E-state index in [1.807, 2.05) is 67.7 Å². The first-order valence-electron chi connectivity index (χ1n) is 8.68. The summed E-state index contributed by atoms with van der Waals surface area (Å²) in [6.07, 6.45) is 1.92. The summed E-state index contributed by atoms with van der Waals surface area (Å²) >= 11 is 3.31. The third kappa shape index (κ3) is 4.68. The molecule has 5 nitrogen and oxygen atoms in total. The van der Waals surface area contributed by atoms with Crippen molar-refractivity contribution >= 4 is 28.9 Å². The summed E-state index contributed by atoms with van der Waals surface area (Å²) in [6, 6.07) is 19.5. The Morgan fingerprint density at radius 2 is 1.75 bits per heavy atom. The van der Waals surface area contributed by atoms with Crippen LogP contribution >= 0.6 is 23.1 Å². The summed E-state index contributed by atoms with van der Waals surface area (Å²) in [5.41, 5.74) is 6.86. The molecule has 140 valence electrons. The number of nitrogens with zero attached hydrogens (tertiary/aromatic N) is 3. The van der Waals surface area contributed by atoms with Crippen molar-refractivity contribution in [3.63, 3.8) is 0 Å². The Morgan fingerprint density at radius 1 is 1.00 bits per heavy atom. The van der Waals surface area contributed by atoms with Crippen molar-refractivity contribution in [1.29, 1.82) is 0 Å². The average Bonchev–Trinajstić information content (AvgIpc) is 3.16. The molecule has 2 aromatic heterocycles. The monoisotopic (exact) mass is 406 g/mol. The molecule has 0 fully saturated rings. The Bertz CT molecular complexity index is 1050. The van der Waals surface area contributed by atoms with E-state index in [1.54, 1.807) is 29.2 Å². The van der Waals surface area contributed by atoms with Crippen LogP contribution in [0.1, 0.15) is 10.7 Å². The highest BCUT2D eigenvalue weighted by atomic mass is 32.2. The van der Waals surface area contributed by atoms with E-state index in [9.17, 15) is 0 Å². The van der Waals surface area contributed by atoms with Gasteiger partial charge in [-0.25, -0.2) is 15.0 Å². The highest BCUT2D eigenvalue weighted by Crippen LogP contribution is 2.31. The Kier molecular flexibility index (Phi) is 5.55. The molecule has 4 rings (SSSR count). The molecule has 7 heteroatoms. The zero-order chi connectivity index (χ0) is 19.3. The van der Waals surface area contributed by atoms with Crippen LogP contribution in [0.2, 0.25) is 0 Å². The van der Waals surface area contributed by atoms with Crippen LogP contribution in [-0.4, -0.2) is 15.0 Å². The van der Waals surface area contributed by atoms with Gasteiger partial charge >= 0.3 is 0 Å². The molecule has 28 heavy (non-hydrogen) atoms. The number of thiazole rings is 1. The van der Waals surface area contributed by atoms with Gasteiger partial charge in [-0.05, 0) is 43.3 Å². The van der Waals surface area contributed by atoms with Gasteiger partial charge in [-0.3, -0.25) is 0 Å². The van der Waals surface area contributed by atoms with Crippen molar-refractivity contribution in [3.8, 4) is 22.1 Å². The molecular formula is C21H18N4OS2. The quantitative estimate of drug-likeness (QED) is 0.333. The molecule has 0 unspecified atom stereocenters. The minimum atomic E-state index is 0.498. The third-order valence-corrected chi connectivity index (χ3v) is 6.02. The first-order chi connectivity index (χ1) is 13.7. The SMILES string of the molecule is Cc1nc(N)cc(SCc2cnc(-c3ccc(Oc4ccccc4)cc3)s2)n1. The van der Waals surface area contributed by atoms with Gasteiger partial charge in [-0.2, -0.15) is 0 Å². The van der Waals surface area contributed by atoms with Crippen molar-refractivity contribution in [2.75, 3.05) is 5.73 Å². The number of hydrogen-bond donors (Lipinski definition) is 1. The van der Waals surface area contributed by atoms with Gasteiger partial charge in [0.25, 0.3) is 0 Å². The van der Waals surface area contributed by atoms with Crippen LogP contribution in [0.5, 0.6) is 11.5 Å².